The topological polar surface area (TPSA) is 13.0 Å². The predicted octanol–water partition coefficient (Wildman–Crippen LogP) is 0.0307. The van der Waals surface area contributed by atoms with Crippen LogP contribution >= 0.6 is 0 Å². The van der Waals surface area contributed by atoms with Gasteiger partial charge in [0.1, 0.15) is 6.29 Å². The lowest BCUT2D eigenvalue weighted by atomic mass is 10.3. The molecule has 0 saturated carbocycles. The van der Waals surface area contributed by atoms with Crippen molar-refractivity contribution in [2.75, 3.05) is 60.9 Å². The average molecular weight is 214 g/mol. The van der Waals surface area contributed by atoms with Crippen molar-refractivity contribution in [3.63, 3.8) is 0 Å². The fourth-order valence-electron chi connectivity index (χ4n) is 2.38. The first-order chi connectivity index (χ1) is 7.06. The van der Waals surface area contributed by atoms with Crippen molar-refractivity contribution in [3.8, 4) is 0 Å². The lowest BCUT2D eigenvalue weighted by molar-refractivity contribution is -0.0401. The van der Waals surface area contributed by atoms with Crippen LogP contribution in [-0.4, -0.2) is 86.8 Å². The Hall–Kier alpha value is -0.160. The summed E-state index contributed by atoms with van der Waals surface area (Å²) in [4.78, 5) is 9.63. The minimum atomic E-state index is 0.434. The number of nitrogens with zero attached hydrogens (tertiary/aromatic N) is 4. The third-order valence-electron chi connectivity index (χ3n) is 3.24. The monoisotopic (exact) mass is 214 g/mol. The zero-order valence-corrected chi connectivity index (χ0v) is 10.9. The van der Waals surface area contributed by atoms with E-state index in [1.165, 1.54) is 13.1 Å². The number of likely N-dealkylation sites (N-methyl/N-ethyl adjacent to an activating group) is 3. The van der Waals surface area contributed by atoms with Gasteiger partial charge < -0.3 is 4.90 Å². The van der Waals surface area contributed by atoms with Crippen LogP contribution in [0.5, 0.6) is 0 Å². The molecule has 0 aliphatic carbocycles. The van der Waals surface area contributed by atoms with E-state index >= 15 is 0 Å². The van der Waals surface area contributed by atoms with Gasteiger partial charge in [-0.2, -0.15) is 0 Å². The first-order valence-electron chi connectivity index (χ1n) is 5.85. The number of hydrogen-bond donors (Lipinski definition) is 0. The van der Waals surface area contributed by atoms with Gasteiger partial charge in [0.05, 0.1) is 0 Å². The van der Waals surface area contributed by atoms with Crippen molar-refractivity contribution in [1.29, 1.82) is 0 Å². The first-order valence-corrected chi connectivity index (χ1v) is 5.85. The normalized spacial score (nSPS) is 24.4. The summed E-state index contributed by atoms with van der Waals surface area (Å²) >= 11 is 0. The summed E-state index contributed by atoms with van der Waals surface area (Å²) in [5, 5.41) is 0. The van der Waals surface area contributed by atoms with Crippen LogP contribution in [0.2, 0.25) is 0 Å². The lowest BCUT2D eigenvalue weighted by Crippen LogP contribution is -2.58. The van der Waals surface area contributed by atoms with E-state index in [1.54, 1.807) is 0 Å². The summed E-state index contributed by atoms with van der Waals surface area (Å²) in [5.41, 5.74) is 0. The molecule has 0 amide bonds. The molecule has 0 aromatic rings. The van der Waals surface area contributed by atoms with E-state index in [0.29, 0.717) is 6.29 Å². The van der Waals surface area contributed by atoms with E-state index in [4.69, 9.17) is 0 Å². The third kappa shape index (κ3) is 3.41. The second-order valence-corrected chi connectivity index (χ2v) is 4.71. The fraction of sp³-hybridized carbons (Fsp3) is 1.00. The van der Waals surface area contributed by atoms with Crippen molar-refractivity contribution < 1.29 is 0 Å². The molecule has 0 radical (unpaired) electrons. The molecule has 4 heteroatoms. The van der Waals surface area contributed by atoms with Crippen LogP contribution in [0.1, 0.15) is 6.92 Å². The van der Waals surface area contributed by atoms with Crippen LogP contribution in [0.4, 0.5) is 0 Å². The van der Waals surface area contributed by atoms with Gasteiger partial charge in [-0.25, -0.2) is 0 Å². The molecule has 90 valence electrons. The van der Waals surface area contributed by atoms with E-state index in [-0.39, 0.29) is 0 Å². The molecule has 0 aromatic carbocycles. The molecule has 0 aromatic heterocycles. The molecule has 1 aliphatic rings. The molecule has 4 nitrogen and oxygen atoms in total. The molecular formula is C11H26N4. The van der Waals surface area contributed by atoms with Crippen LogP contribution in [0.3, 0.4) is 0 Å². The molecule has 0 N–H and O–H groups in total. The Balaban J connectivity index is 2.61. The molecule has 1 heterocycles. The highest BCUT2D eigenvalue weighted by atomic mass is 15.5. The second-order valence-electron chi connectivity index (χ2n) is 4.71. The SMILES string of the molecule is CCN1CCN(C)C(N(C)C)N(C)CC1. The van der Waals surface area contributed by atoms with E-state index in [1.807, 2.05) is 0 Å². The van der Waals surface area contributed by atoms with Crippen LogP contribution in [-0.2, 0) is 0 Å². The molecule has 1 aliphatic heterocycles. The number of hydrogen-bond acceptors (Lipinski definition) is 4. The van der Waals surface area contributed by atoms with Gasteiger partial charge in [-0.05, 0) is 34.7 Å². The Morgan fingerprint density at radius 3 is 1.80 bits per heavy atom. The van der Waals surface area contributed by atoms with Crippen LogP contribution in [0, 0.1) is 0 Å². The van der Waals surface area contributed by atoms with E-state index < -0.39 is 0 Å². The summed E-state index contributed by atoms with van der Waals surface area (Å²) in [6.45, 7) is 8.05. The van der Waals surface area contributed by atoms with Crippen molar-refractivity contribution >= 4 is 0 Å². The molecule has 1 rings (SSSR count). The zero-order chi connectivity index (χ0) is 11.4. The summed E-state index contributed by atoms with van der Waals surface area (Å²) in [6.07, 6.45) is 0.434. The maximum absolute atomic E-state index is 2.51. The fourth-order valence-corrected chi connectivity index (χ4v) is 2.38. The zero-order valence-electron chi connectivity index (χ0n) is 10.9. The Morgan fingerprint density at radius 1 is 1.00 bits per heavy atom. The molecule has 0 atom stereocenters. The van der Waals surface area contributed by atoms with E-state index in [0.717, 1.165) is 19.6 Å². The molecular weight excluding hydrogens is 188 g/mol. The molecule has 1 fully saturated rings. The van der Waals surface area contributed by atoms with Gasteiger partial charge >= 0.3 is 0 Å². The van der Waals surface area contributed by atoms with Crippen LogP contribution in [0.15, 0.2) is 0 Å². The highest BCUT2D eigenvalue weighted by molar-refractivity contribution is 4.72. The van der Waals surface area contributed by atoms with Gasteiger partial charge in [-0.1, -0.05) is 6.92 Å². The van der Waals surface area contributed by atoms with Crippen molar-refractivity contribution in [3.05, 3.63) is 0 Å². The van der Waals surface area contributed by atoms with Gasteiger partial charge in [0.2, 0.25) is 0 Å². The summed E-state index contributed by atoms with van der Waals surface area (Å²) in [5.74, 6) is 0. The summed E-state index contributed by atoms with van der Waals surface area (Å²) in [6, 6.07) is 0. The standard InChI is InChI=1S/C11H26N4/c1-6-15-9-7-13(4)11(12(2)3)14(5)8-10-15/h11H,6-10H2,1-5H3. The smallest absolute Gasteiger partial charge is 0.118 e. The lowest BCUT2D eigenvalue weighted by Gasteiger charge is -2.43. The van der Waals surface area contributed by atoms with Crippen molar-refractivity contribution in [2.24, 2.45) is 0 Å². The predicted molar refractivity (Wildman–Crippen MR) is 64.8 cm³/mol. The minimum Gasteiger partial charge on any atom is -0.301 e. The first kappa shape index (κ1) is 12.9. The Labute approximate surface area is 94.4 Å². The average Bonchev–Trinajstić information content (AvgIpc) is 2.15. The number of rotatable bonds is 2. The molecule has 15 heavy (non-hydrogen) atoms. The van der Waals surface area contributed by atoms with Gasteiger partial charge in [-0.15, -0.1) is 0 Å². The van der Waals surface area contributed by atoms with Gasteiger partial charge in [-0.3, -0.25) is 14.7 Å². The largest absolute Gasteiger partial charge is 0.301 e. The molecule has 0 spiro atoms. The quantitative estimate of drug-likeness (QED) is 0.643. The van der Waals surface area contributed by atoms with E-state index in [9.17, 15) is 0 Å². The minimum absolute atomic E-state index is 0.434. The van der Waals surface area contributed by atoms with Crippen molar-refractivity contribution in [2.45, 2.75) is 13.2 Å². The maximum atomic E-state index is 2.51. The van der Waals surface area contributed by atoms with Gasteiger partial charge in [0.25, 0.3) is 0 Å². The van der Waals surface area contributed by atoms with Crippen LogP contribution in [0.25, 0.3) is 0 Å². The molecule has 0 bridgehead atoms. The summed E-state index contributed by atoms with van der Waals surface area (Å²) in [7, 11) is 8.72. The molecule has 1 saturated heterocycles. The Morgan fingerprint density at radius 2 is 1.47 bits per heavy atom. The van der Waals surface area contributed by atoms with Crippen molar-refractivity contribution in [1.82, 2.24) is 19.6 Å². The molecule has 0 unspecified atom stereocenters. The summed E-state index contributed by atoms with van der Waals surface area (Å²) < 4.78 is 0. The van der Waals surface area contributed by atoms with E-state index in [2.05, 4.69) is 54.7 Å². The third-order valence-corrected chi connectivity index (χ3v) is 3.24. The Kier molecular flexibility index (Phi) is 4.99. The highest BCUT2D eigenvalue weighted by Gasteiger charge is 2.24. The van der Waals surface area contributed by atoms with Gasteiger partial charge in [0.15, 0.2) is 0 Å². The van der Waals surface area contributed by atoms with Gasteiger partial charge in [0, 0.05) is 26.2 Å². The second kappa shape index (κ2) is 5.80. The highest BCUT2D eigenvalue weighted by Crippen LogP contribution is 2.08. The Bertz CT molecular complexity index is 169. The van der Waals surface area contributed by atoms with Crippen LogP contribution < -0.4 is 0 Å². The maximum Gasteiger partial charge on any atom is 0.118 e.